The molecule has 2 amide bonds. The molecule has 1 aliphatic rings. The number of hydrogen-bond acceptors (Lipinski definition) is 4. The molecule has 0 saturated heterocycles. The van der Waals surface area contributed by atoms with Crippen molar-refractivity contribution >= 4 is 18.0 Å². The van der Waals surface area contributed by atoms with Crippen LogP contribution < -0.4 is 10.6 Å². The van der Waals surface area contributed by atoms with Gasteiger partial charge in [0.15, 0.2) is 0 Å². The van der Waals surface area contributed by atoms with Gasteiger partial charge in [-0.3, -0.25) is 4.79 Å². The number of hydrogen-bond donors (Lipinski definition) is 3. The number of carboxylic acid groups (broad SMARTS) is 1. The van der Waals surface area contributed by atoms with Crippen LogP contribution in [0.1, 0.15) is 57.6 Å². The molecule has 3 rings (SSSR count). The Bertz CT molecular complexity index is 1000. The van der Waals surface area contributed by atoms with Gasteiger partial charge in [-0.2, -0.15) is 0 Å². The van der Waals surface area contributed by atoms with E-state index in [1.54, 1.807) is 0 Å². The zero-order chi connectivity index (χ0) is 25.5. The fourth-order valence-electron chi connectivity index (χ4n) is 4.69. The molecule has 0 heterocycles. The van der Waals surface area contributed by atoms with E-state index in [4.69, 9.17) is 4.74 Å². The minimum absolute atomic E-state index is 0.0460. The Labute approximate surface area is 207 Å². The molecule has 0 bridgehead atoms. The van der Waals surface area contributed by atoms with Gasteiger partial charge in [-0.05, 0) is 46.9 Å². The van der Waals surface area contributed by atoms with Crippen LogP contribution >= 0.6 is 0 Å². The third kappa shape index (κ3) is 6.84. The number of benzene rings is 2. The molecule has 2 unspecified atom stereocenters. The van der Waals surface area contributed by atoms with Crippen LogP contribution in [-0.4, -0.2) is 42.3 Å². The molecule has 1 aliphatic carbocycles. The Kier molecular flexibility index (Phi) is 8.90. The summed E-state index contributed by atoms with van der Waals surface area (Å²) in [6.07, 6.45) is 0.268. The van der Waals surface area contributed by atoms with E-state index in [1.165, 1.54) is 0 Å². The van der Waals surface area contributed by atoms with Crippen LogP contribution in [0.2, 0.25) is 0 Å². The van der Waals surface area contributed by atoms with Gasteiger partial charge in [0.25, 0.3) is 0 Å². The fourth-order valence-corrected chi connectivity index (χ4v) is 4.69. The number of aliphatic carboxylic acids is 1. The van der Waals surface area contributed by atoms with Crippen LogP contribution in [-0.2, 0) is 14.3 Å². The molecule has 35 heavy (non-hydrogen) atoms. The maximum atomic E-state index is 12.9. The second-order valence-electron chi connectivity index (χ2n) is 10.1. The minimum Gasteiger partial charge on any atom is -0.480 e. The number of alkyl carbamates (subject to hydrolysis) is 1. The van der Waals surface area contributed by atoms with Gasteiger partial charge < -0.3 is 20.5 Å². The topological polar surface area (TPSA) is 105 Å². The van der Waals surface area contributed by atoms with Crippen LogP contribution in [0, 0.1) is 17.8 Å². The zero-order valence-corrected chi connectivity index (χ0v) is 20.9. The largest absolute Gasteiger partial charge is 0.480 e. The SMILES string of the molecule is CC(C)CC(CNC(=O)OCC1c2ccccc2-c2ccccc21)C(=O)NC(CC(C)C)C(=O)O. The Morgan fingerprint density at radius 2 is 1.43 bits per heavy atom. The minimum atomic E-state index is -1.06. The van der Waals surface area contributed by atoms with E-state index >= 15 is 0 Å². The van der Waals surface area contributed by atoms with E-state index in [-0.39, 0.29) is 36.8 Å². The number of ether oxygens (including phenoxy) is 1. The maximum Gasteiger partial charge on any atom is 0.407 e. The highest BCUT2D eigenvalue weighted by Gasteiger charge is 2.30. The average Bonchev–Trinajstić information content (AvgIpc) is 3.13. The summed E-state index contributed by atoms with van der Waals surface area (Å²) in [6.45, 7) is 8.05. The number of carbonyl (C=O) groups excluding carboxylic acids is 2. The van der Waals surface area contributed by atoms with Crippen LogP contribution in [0.25, 0.3) is 11.1 Å². The molecular weight excluding hydrogens is 444 g/mol. The molecule has 2 aromatic rings. The second-order valence-corrected chi connectivity index (χ2v) is 10.1. The summed E-state index contributed by atoms with van der Waals surface area (Å²) in [4.78, 5) is 37.0. The Hall–Kier alpha value is -3.35. The molecule has 0 aromatic heterocycles. The van der Waals surface area contributed by atoms with Crippen molar-refractivity contribution in [1.29, 1.82) is 0 Å². The first-order valence-corrected chi connectivity index (χ1v) is 12.3. The van der Waals surface area contributed by atoms with Crippen molar-refractivity contribution in [3.63, 3.8) is 0 Å². The first kappa shape index (κ1) is 26.3. The fraction of sp³-hybridized carbons (Fsp3) is 0.464. The van der Waals surface area contributed by atoms with Crippen molar-refractivity contribution < 1.29 is 24.2 Å². The van der Waals surface area contributed by atoms with Gasteiger partial charge in [0.1, 0.15) is 12.6 Å². The lowest BCUT2D eigenvalue weighted by atomic mass is 9.95. The molecule has 7 nitrogen and oxygen atoms in total. The standard InChI is InChI=1S/C28H36N2O5/c1-17(2)13-19(26(31)30-25(27(32)33)14-18(3)4)15-29-28(34)35-16-24-22-11-7-5-9-20(22)21-10-6-8-12-23(21)24/h5-12,17-19,24-25H,13-16H2,1-4H3,(H,29,34)(H,30,31)(H,32,33). The van der Waals surface area contributed by atoms with Gasteiger partial charge in [-0.1, -0.05) is 76.2 Å². The van der Waals surface area contributed by atoms with Crippen LogP contribution in [0.4, 0.5) is 4.79 Å². The van der Waals surface area contributed by atoms with Crippen LogP contribution in [0.5, 0.6) is 0 Å². The third-order valence-corrected chi connectivity index (χ3v) is 6.28. The average molecular weight is 481 g/mol. The quantitative estimate of drug-likeness (QED) is 0.428. The predicted octanol–water partition coefficient (Wildman–Crippen LogP) is 4.80. The summed E-state index contributed by atoms with van der Waals surface area (Å²) in [5.41, 5.74) is 4.56. The van der Waals surface area contributed by atoms with Crippen molar-refractivity contribution in [2.45, 2.75) is 52.5 Å². The Morgan fingerprint density at radius 3 is 1.94 bits per heavy atom. The number of nitrogens with one attached hydrogen (secondary N) is 2. The summed E-state index contributed by atoms with van der Waals surface area (Å²) < 4.78 is 5.57. The summed E-state index contributed by atoms with van der Waals surface area (Å²) in [7, 11) is 0. The second kappa shape index (κ2) is 11.9. The first-order valence-electron chi connectivity index (χ1n) is 12.3. The number of amides is 2. The molecule has 0 spiro atoms. The molecule has 188 valence electrons. The van der Waals surface area contributed by atoms with Gasteiger partial charge in [0.2, 0.25) is 5.91 Å². The highest BCUT2D eigenvalue weighted by atomic mass is 16.5. The lowest BCUT2D eigenvalue weighted by Crippen LogP contribution is -2.47. The molecule has 0 radical (unpaired) electrons. The number of rotatable bonds is 11. The normalized spacial score (nSPS) is 14.2. The van der Waals surface area contributed by atoms with E-state index in [2.05, 4.69) is 34.9 Å². The molecule has 2 atom stereocenters. The predicted molar refractivity (Wildman–Crippen MR) is 135 cm³/mol. The monoisotopic (exact) mass is 480 g/mol. The molecule has 7 heteroatoms. The Morgan fingerprint density at radius 1 is 0.886 bits per heavy atom. The van der Waals surface area contributed by atoms with Crippen molar-refractivity contribution in [3.8, 4) is 11.1 Å². The van der Waals surface area contributed by atoms with Crippen molar-refractivity contribution in [2.24, 2.45) is 17.8 Å². The third-order valence-electron chi connectivity index (χ3n) is 6.28. The number of carbonyl (C=O) groups is 3. The highest BCUT2D eigenvalue weighted by molar-refractivity contribution is 5.85. The molecular formula is C28H36N2O5. The van der Waals surface area contributed by atoms with Crippen LogP contribution in [0.15, 0.2) is 48.5 Å². The highest BCUT2D eigenvalue weighted by Crippen LogP contribution is 2.44. The van der Waals surface area contributed by atoms with E-state index in [0.717, 1.165) is 22.3 Å². The number of carboxylic acids is 1. The molecule has 0 saturated carbocycles. The van der Waals surface area contributed by atoms with Gasteiger partial charge in [0, 0.05) is 12.5 Å². The molecule has 0 aliphatic heterocycles. The van der Waals surface area contributed by atoms with E-state index in [9.17, 15) is 19.5 Å². The lowest BCUT2D eigenvalue weighted by molar-refractivity contribution is -0.143. The van der Waals surface area contributed by atoms with Crippen molar-refractivity contribution in [2.75, 3.05) is 13.2 Å². The van der Waals surface area contributed by atoms with Crippen molar-refractivity contribution in [1.82, 2.24) is 10.6 Å². The van der Waals surface area contributed by atoms with Crippen LogP contribution in [0.3, 0.4) is 0 Å². The summed E-state index contributed by atoms with van der Waals surface area (Å²) in [6, 6.07) is 15.3. The summed E-state index contributed by atoms with van der Waals surface area (Å²) in [5, 5.41) is 14.8. The first-order chi connectivity index (χ1) is 16.7. The summed E-state index contributed by atoms with van der Waals surface area (Å²) >= 11 is 0. The molecule has 0 fully saturated rings. The van der Waals surface area contributed by atoms with Gasteiger partial charge in [-0.25, -0.2) is 9.59 Å². The summed E-state index contributed by atoms with van der Waals surface area (Å²) in [5.74, 6) is -1.70. The zero-order valence-electron chi connectivity index (χ0n) is 20.9. The molecule has 3 N–H and O–H groups in total. The van der Waals surface area contributed by atoms with Gasteiger partial charge in [-0.15, -0.1) is 0 Å². The van der Waals surface area contributed by atoms with E-state index < -0.39 is 24.0 Å². The lowest BCUT2D eigenvalue weighted by Gasteiger charge is -2.23. The Balaban J connectivity index is 1.59. The number of fused-ring (bicyclic) bond motifs is 3. The maximum absolute atomic E-state index is 12.9. The van der Waals surface area contributed by atoms with E-state index in [0.29, 0.717) is 12.8 Å². The van der Waals surface area contributed by atoms with Gasteiger partial charge >= 0.3 is 12.1 Å². The van der Waals surface area contributed by atoms with E-state index in [1.807, 2.05) is 52.0 Å². The molecule has 2 aromatic carbocycles. The van der Waals surface area contributed by atoms with Crippen molar-refractivity contribution in [3.05, 3.63) is 59.7 Å². The smallest absolute Gasteiger partial charge is 0.407 e. The van der Waals surface area contributed by atoms with Gasteiger partial charge in [0.05, 0.1) is 5.92 Å².